The molecule has 2 amide bonds. The number of methoxy groups -OCH3 is 1. The molecule has 3 heterocycles. The largest absolute Gasteiger partial charge is 0.497 e. The molecule has 39 heavy (non-hydrogen) atoms. The normalized spacial score (nSPS) is 18.2. The summed E-state index contributed by atoms with van der Waals surface area (Å²) in [5, 5.41) is 2.50. The van der Waals surface area contributed by atoms with Gasteiger partial charge < -0.3 is 14.8 Å². The summed E-state index contributed by atoms with van der Waals surface area (Å²) >= 11 is 3.11. The van der Waals surface area contributed by atoms with Crippen molar-refractivity contribution in [1.82, 2.24) is 15.2 Å². The second-order valence-electron chi connectivity index (χ2n) is 8.97. The van der Waals surface area contributed by atoms with Crippen LogP contribution in [0.4, 0.5) is 0 Å². The Kier molecular flexibility index (Phi) is 8.53. The number of aromatic nitrogens is 1. The van der Waals surface area contributed by atoms with Crippen molar-refractivity contribution in [1.29, 1.82) is 0 Å². The van der Waals surface area contributed by atoms with Crippen LogP contribution in [-0.2, 0) is 32.1 Å². The highest BCUT2D eigenvalue weighted by atomic mass is 32.2. The number of ether oxygens (including phenoxy) is 2. The number of rotatable bonds is 10. The van der Waals surface area contributed by atoms with Crippen LogP contribution in [0, 0.1) is 0 Å². The average molecular weight is 562 g/mol. The molecule has 0 aliphatic carbocycles. The minimum Gasteiger partial charge on any atom is -0.497 e. The molecule has 1 fully saturated rings. The molecule has 5 rings (SSSR count). The van der Waals surface area contributed by atoms with E-state index in [1.165, 1.54) is 4.90 Å². The van der Waals surface area contributed by atoms with Gasteiger partial charge in [-0.25, -0.2) is 4.79 Å². The Balaban J connectivity index is 1.30. The molecule has 200 valence electrons. The smallest absolute Gasteiger partial charge is 0.355 e. The molecule has 0 radical (unpaired) electrons. The van der Waals surface area contributed by atoms with Crippen LogP contribution in [0.5, 0.6) is 5.75 Å². The summed E-state index contributed by atoms with van der Waals surface area (Å²) in [4.78, 5) is 45.9. The molecular weight excluding hydrogens is 534 g/mol. The van der Waals surface area contributed by atoms with Crippen molar-refractivity contribution in [3.8, 4) is 5.75 Å². The number of hydrogen-bond donors (Lipinski definition) is 1. The maximum Gasteiger partial charge on any atom is 0.355 e. The van der Waals surface area contributed by atoms with Crippen molar-refractivity contribution < 1.29 is 23.9 Å². The van der Waals surface area contributed by atoms with Gasteiger partial charge in [0.1, 0.15) is 29.5 Å². The number of benzene rings is 2. The third-order valence-electron chi connectivity index (χ3n) is 6.36. The number of thioether (sulfide) groups is 2. The van der Waals surface area contributed by atoms with Gasteiger partial charge in [-0.15, -0.1) is 23.5 Å². The molecule has 8 nitrogen and oxygen atoms in total. The van der Waals surface area contributed by atoms with E-state index >= 15 is 0 Å². The van der Waals surface area contributed by atoms with Crippen molar-refractivity contribution in [3.63, 3.8) is 0 Å². The summed E-state index contributed by atoms with van der Waals surface area (Å²) in [6.07, 6.45) is 3.62. The number of β-lactam (4-membered cyclic amide) rings is 1. The summed E-state index contributed by atoms with van der Waals surface area (Å²) < 4.78 is 10.9. The van der Waals surface area contributed by atoms with E-state index in [4.69, 9.17) is 9.47 Å². The lowest BCUT2D eigenvalue weighted by molar-refractivity contribution is -0.153. The number of amides is 2. The SMILES string of the molecule is COc1ccc(COC(=O)C2=C(CSc3ccncc3)CS[C@H]3[C@H](NC(=O)Cc4ccccc4)C(=O)N23)cc1. The highest BCUT2D eigenvalue weighted by Gasteiger charge is 2.54. The Hall–Kier alpha value is -3.76. The van der Waals surface area contributed by atoms with Crippen LogP contribution in [-0.4, -0.2) is 57.7 Å². The van der Waals surface area contributed by atoms with E-state index in [-0.39, 0.29) is 35.9 Å². The molecular formula is C29H27N3O5S2. The Morgan fingerprint density at radius 1 is 1.05 bits per heavy atom. The van der Waals surface area contributed by atoms with Gasteiger partial charge in [-0.2, -0.15) is 0 Å². The highest BCUT2D eigenvalue weighted by Crippen LogP contribution is 2.42. The van der Waals surface area contributed by atoms with E-state index in [0.29, 0.717) is 17.3 Å². The quantitative estimate of drug-likeness (QED) is 0.227. The maximum atomic E-state index is 13.4. The first-order valence-corrected chi connectivity index (χ1v) is 14.4. The first kappa shape index (κ1) is 26.8. The van der Waals surface area contributed by atoms with Crippen LogP contribution in [0.2, 0.25) is 0 Å². The monoisotopic (exact) mass is 561 g/mol. The van der Waals surface area contributed by atoms with Crippen LogP contribution < -0.4 is 10.1 Å². The molecule has 1 aromatic heterocycles. The van der Waals surface area contributed by atoms with Crippen molar-refractivity contribution in [2.45, 2.75) is 29.3 Å². The number of hydrogen-bond acceptors (Lipinski definition) is 8. The van der Waals surface area contributed by atoms with Gasteiger partial charge in [0.15, 0.2) is 0 Å². The maximum absolute atomic E-state index is 13.4. The molecule has 2 aliphatic rings. The lowest BCUT2D eigenvalue weighted by atomic mass is 10.0. The summed E-state index contributed by atoms with van der Waals surface area (Å²) in [5.74, 6) is 0.685. The van der Waals surface area contributed by atoms with E-state index < -0.39 is 12.0 Å². The molecule has 2 atom stereocenters. The lowest BCUT2D eigenvalue weighted by Crippen LogP contribution is -2.70. The number of nitrogens with zero attached hydrogens (tertiary/aromatic N) is 2. The van der Waals surface area contributed by atoms with Gasteiger partial charge in [-0.1, -0.05) is 42.5 Å². The van der Waals surface area contributed by atoms with Gasteiger partial charge in [0.2, 0.25) is 5.91 Å². The molecule has 3 aromatic rings. The summed E-state index contributed by atoms with van der Waals surface area (Å²) in [5.41, 5.74) is 2.76. The molecule has 2 aromatic carbocycles. The molecule has 2 aliphatic heterocycles. The number of pyridine rings is 1. The second kappa shape index (κ2) is 12.4. The van der Waals surface area contributed by atoms with Gasteiger partial charge >= 0.3 is 5.97 Å². The second-order valence-corrected chi connectivity index (χ2v) is 11.1. The van der Waals surface area contributed by atoms with E-state index in [2.05, 4.69) is 10.3 Å². The fraction of sp³-hybridized carbons (Fsp3) is 0.241. The highest BCUT2D eigenvalue weighted by molar-refractivity contribution is 8.01. The number of esters is 1. The Bertz CT molecular complexity index is 1370. The first-order chi connectivity index (χ1) is 19.0. The molecule has 0 spiro atoms. The molecule has 0 saturated carbocycles. The van der Waals surface area contributed by atoms with Crippen LogP contribution in [0.1, 0.15) is 11.1 Å². The molecule has 1 N–H and O–H groups in total. The molecule has 0 unspecified atom stereocenters. The Labute approximate surface area is 235 Å². The number of carbonyl (C=O) groups excluding carboxylic acids is 3. The van der Waals surface area contributed by atoms with Crippen molar-refractivity contribution in [3.05, 3.63) is 102 Å². The van der Waals surface area contributed by atoms with Crippen molar-refractivity contribution >= 4 is 41.3 Å². The number of fused-ring (bicyclic) bond motifs is 1. The number of carbonyl (C=O) groups is 3. The Morgan fingerprint density at radius 3 is 2.51 bits per heavy atom. The third-order valence-corrected chi connectivity index (χ3v) is 8.79. The van der Waals surface area contributed by atoms with E-state index in [1.54, 1.807) is 55.2 Å². The number of nitrogens with one attached hydrogen (secondary N) is 1. The van der Waals surface area contributed by atoms with Gasteiger partial charge in [-0.05, 0) is 41.0 Å². The van der Waals surface area contributed by atoms with Gasteiger partial charge in [0.05, 0.1) is 13.5 Å². The van der Waals surface area contributed by atoms with E-state index in [9.17, 15) is 14.4 Å². The predicted octanol–water partition coefficient (Wildman–Crippen LogP) is 3.82. The van der Waals surface area contributed by atoms with Crippen LogP contribution in [0.15, 0.2) is 95.3 Å². The van der Waals surface area contributed by atoms with Gasteiger partial charge in [0, 0.05) is 28.8 Å². The zero-order chi connectivity index (χ0) is 27.2. The fourth-order valence-electron chi connectivity index (χ4n) is 4.33. The topological polar surface area (TPSA) is 97.8 Å². The van der Waals surface area contributed by atoms with Crippen LogP contribution >= 0.6 is 23.5 Å². The zero-order valence-corrected chi connectivity index (χ0v) is 22.9. The van der Waals surface area contributed by atoms with E-state index in [1.807, 2.05) is 54.6 Å². The van der Waals surface area contributed by atoms with Gasteiger partial charge in [-0.3, -0.25) is 19.5 Å². The minimum atomic E-state index is -0.690. The molecule has 0 bridgehead atoms. The zero-order valence-electron chi connectivity index (χ0n) is 21.2. The lowest BCUT2D eigenvalue weighted by Gasteiger charge is -2.49. The molecule has 10 heteroatoms. The van der Waals surface area contributed by atoms with E-state index in [0.717, 1.165) is 21.6 Å². The Morgan fingerprint density at radius 2 is 1.79 bits per heavy atom. The van der Waals surface area contributed by atoms with Crippen LogP contribution in [0.3, 0.4) is 0 Å². The fourth-order valence-corrected chi connectivity index (χ4v) is 6.70. The summed E-state index contributed by atoms with van der Waals surface area (Å²) in [7, 11) is 1.59. The molecule has 1 saturated heterocycles. The summed E-state index contributed by atoms with van der Waals surface area (Å²) in [6.45, 7) is 0.0637. The predicted molar refractivity (Wildman–Crippen MR) is 150 cm³/mol. The van der Waals surface area contributed by atoms with Crippen LogP contribution in [0.25, 0.3) is 0 Å². The first-order valence-electron chi connectivity index (χ1n) is 12.4. The third kappa shape index (κ3) is 6.29. The minimum absolute atomic E-state index is 0.0637. The summed E-state index contributed by atoms with van der Waals surface area (Å²) in [6, 6.07) is 19.7. The van der Waals surface area contributed by atoms with Gasteiger partial charge in [0.25, 0.3) is 5.91 Å². The van der Waals surface area contributed by atoms with Crippen molar-refractivity contribution in [2.75, 3.05) is 18.6 Å². The standard InChI is InChI=1S/C29H27N3O5S2/c1-36-22-9-7-20(8-10-22)16-37-29(35)26-21(17-38-23-11-13-30-14-12-23)18-39-28-25(27(34)32(26)28)31-24(33)15-19-5-3-2-4-6-19/h2-14,25,28H,15-18H2,1H3,(H,31,33)/t25-,28+/m1/s1. The average Bonchev–Trinajstić information content (AvgIpc) is 2.98. The van der Waals surface area contributed by atoms with Crippen molar-refractivity contribution in [2.24, 2.45) is 0 Å².